The predicted octanol–water partition coefficient (Wildman–Crippen LogP) is 4.53. The van der Waals surface area contributed by atoms with Gasteiger partial charge in [0, 0.05) is 36.8 Å². The number of carboxylic acid groups (broad SMARTS) is 1. The number of nitrogens with zero attached hydrogens (tertiary/aromatic N) is 3. The number of aliphatic carboxylic acids is 1. The first-order chi connectivity index (χ1) is 19.8. The third-order valence-corrected chi connectivity index (χ3v) is 14.7. The van der Waals surface area contributed by atoms with Crippen LogP contribution in [0.25, 0.3) is 0 Å². The van der Waals surface area contributed by atoms with Gasteiger partial charge in [0.2, 0.25) is 10.0 Å². The van der Waals surface area contributed by atoms with Crippen molar-refractivity contribution < 1.29 is 31.8 Å². The zero-order chi connectivity index (χ0) is 30.7. The number of aliphatic hydroxyl groups is 1. The standard InChI is InChI=1S/C25H33Br2ClN4O7S3/c26-19-13-22(40-23(19)28)42(38,39)32-10-6-17(7-11-32)3-1-2-16-4-8-31(9-5-16)24-20(27)12-18(14-29-24)41(36,37)30-21(15-33)25(34)35/h12-14,16-17,21,30,33H,1-11,15H2,(H,34,35). The summed E-state index contributed by atoms with van der Waals surface area (Å²) < 4.78 is 56.3. The second kappa shape index (κ2) is 14.5. The van der Waals surface area contributed by atoms with Crippen LogP contribution < -0.4 is 9.62 Å². The van der Waals surface area contributed by atoms with Crippen molar-refractivity contribution in [1.29, 1.82) is 0 Å². The molecule has 0 amide bonds. The normalized spacial score (nSPS) is 18.8. The number of rotatable bonds is 12. The van der Waals surface area contributed by atoms with Crippen molar-refractivity contribution in [2.24, 2.45) is 11.8 Å². The number of hydrogen-bond acceptors (Lipinski definition) is 9. The SMILES string of the molecule is O=C(O)C(CO)NS(=O)(=O)c1cnc(N2CCC(CCCC3CCN(S(=O)(=O)c4cc(Br)c(Cl)s4)CC3)CC2)c(Br)c1. The van der Waals surface area contributed by atoms with E-state index in [1.165, 1.54) is 12.3 Å². The molecule has 0 spiro atoms. The first-order valence-corrected chi connectivity index (χ1v) is 19.2. The second-order valence-electron chi connectivity index (χ2n) is 10.6. The first-order valence-electron chi connectivity index (χ1n) is 13.5. The lowest BCUT2D eigenvalue weighted by Crippen LogP contribution is -2.43. The highest BCUT2D eigenvalue weighted by atomic mass is 79.9. The zero-order valence-electron chi connectivity index (χ0n) is 22.6. The Hall–Kier alpha value is -0.850. The summed E-state index contributed by atoms with van der Waals surface area (Å²) in [5.41, 5.74) is 0. The van der Waals surface area contributed by atoms with E-state index < -0.39 is 38.7 Å². The van der Waals surface area contributed by atoms with Crippen molar-refractivity contribution in [1.82, 2.24) is 14.0 Å². The number of sulfonamides is 2. The van der Waals surface area contributed by atoms with E-state index in [0.29, 0.717) is 44.0 Å². The first kappa shape index (κ1) is 34.0. The molecule has 0 bridgehead atoms. The van der Waals surface area contributed by atoms with Gasteiger partial charge in [-0.1, -0.05) is 30.9 Å². The van der Waals surface area contributed by atoms with Gasteiger partial charge in [0.15, 0.2) is 0 Å². The van der Waals surface area contributed by atoms with Gasteiger partial charge in [-0.25, -0.2) is 21.8 Å². The molecule has 0 saturated carbocycles. The van der Waals surface area contributed by atoms with Crippen LogP contribution in [0, 0.1) is 11.8 Å². The average Bonchev–Trinajstić information content (AvgIpc) is 3.31. The van der Waals surface area contributed by atoms with Crippen LogP contribution in [-0.4, -0.2) is 81.1 Å². The quantitative estimate of drug-likeness (QED) is 0.281. The summed E-state index contributed by atoms with van der Waals surface area (Å²) in [6.07, 6.45) is 8.18. The summed E-state index contributed by atoms with van der Waals surface area (Å²) in [4.78, 5) is 17.3. The van der Waals surface area contributed by atoms with Crippen molar-refractivity contribution in [3.8, 4) is 0 Å². The van der Waals surface area contributed by atoms with Gasteiger partial charge in [-0.2, -0.15) is 9.03 Å². The van der Waals surface area contributed by atoms with Crippen LogP contribution in [0.2, 0.25) is 4.34 Å². The van der Waals surface area contributed by atoms with Crippen molar-refractivity contribution in [2.75, 3.05) is 37.7 Å². The summed E-state index contributed by atoms with van der Waals surface area (Å²) >= 11 is 13.8. The van der Waals surface area contributed by atoms with Crippen LogP contribution in [0.15, 0.2) is 36.4 Å². The van der Waals surface area contributed by atoms with Crippen LogP contribution in [0.1, 0.15) is 44.9 Å². The molecule has 0 radical (unpaired) electrons. The van der Waals surface area contributed by atoms with Gasteiger partial charge in [-0.3, -0.25) is 4.79 Å². The molecule has 11 nitrogen and oxygen atoms in total. The number of thiophene rings is 1. The molecule has 2 aliphatic rings. The van der Waals surface area contributed by atoms with Crippen LogP contribution in [0.3, 0.4) is 0 Å². The number of anilines is 1. The van der Waals surface area contributed by atoms with Gasteiger partial charge in [-0.05, 0) is 81.5 Å². The molecule has 4 rings (SSSR count). The topological polar surface area (TPSA) is 157 Å². The molecule has 0 aromatic carbocycles. The molecule has 42 heavy (non-hydrogen) atoms. The Labute approximate surface area is 272 Å². The number of carbonyl (C=O) groups is 1. The number of piperidine rings is 2. The fourth-order valence-corrected chi connectivity index (χ4v) is 11.2. The molecule has 4 heterocycles. The van der Waals surface area contributed by atoms with Crippen LogP contribution >= 0.6 is 54.8 Å². The van der Waals surface area contributed by atoms with E-state index in [9.17, 15) is 21.6 Å². The molecule has 1 unspecified atom stereocenters. The largest absolute Gasteiger partial charge is 0.480 e. The molecule has 17 heteroatoms. The zero-order valence-corrected chi connectivity index (χ0v) is 29.0. The number of nitrogens with one attached hydrogen (secondary N) is 1. The van der Waals surface area contributed by atoms with Gasteiger partial charge in [0.1, 0.15) is 25.3 Å². The van der Waals surface area contributed by atoms with E-state index >= 15 is 0 Å². The third-order valence-electron chi connectivity index (χ3n) is 7.81. The molecule has 1 atom stereocenters. The fourth-order valence-electron chi connectivity index (χ4n) is 5.36. The Morgan fingerprint density at radius 3 is 2.14 bits per heavy atom. The summed E-state index contributed by atoms with van der Waals surface area (Å²) in [6, 6.07) is 1.32. The highest BCUT2D eigenvalue weighted by Gasteiger charge is 2.32. The molecule has 0 aliphatic carbocycles. The van der Waals surface area contributed by atoms with Crippen molar-refractivity contribution in [3.05, 3.63) is 31.6 Å². The number of carboxylic acids is 1. The minimum atomic E-state index is -4.18. The lowest BCUT2D eigenvalue weighted by Gasteiger charge is -2.34. The Morgan fingerprint density at radius 2 is 1.64 bits per heavy atom. The van der Waals surface area contributed by atoms with Gasteiger partial charge < -0.3 is 15.1 Å². The minimum absolute atomic E-state index is 0.194. The Balaban J connectivity index is 1.20. The molecule has 2 aliphatic heterocycles. The van der Waals surface area contributed by atoms with E-state index in [1.807, 2.05) is 4.72 Å². The molecule has 3 N–H and O–H groups in total. The fraction of sp³-hybridized carbons (Fsp3) is 0.600. The monoisotopic (exact) mass is 790 g/mol. The van der Waals surface area contributed by atoms with E-state index in [2.05, 4.69) is 41.7 Å². The predicted molar refractivity (Wildman–Crippen MR) is 168 cm³/mol. The maximum Gasteiger partial charge on any atom is 0.324 e. The van der Waals surface area contributed by atoms with Gasteiger partial charge >= 0.3 is 5.97 Å². The molecule has 2 fully saturated rings. The summed E-state index contributed by atoms with van der Waals surface area (Å²) in [6.45, 7) is 1.75. The van der Waals surface area contributed by atoms with Crippen molar-refractivity contribution in [3.63, 3.8) is 0 Å². The number of hydrogen-bond donors (Lipinski definition) is 3. The Kier molecular flexibility index (Phi) is 11.7. The molecule has 2 aromatic rings. The number of aliphatic hydroxyl groups excluding tert-OH is 1. The Bertz CT molecular complexity index is 1460. The van der Waals surface area contributed by atoms with Crippen molar-refractivity contribution in [2.45, 2.75) is 60.1 Å². The number of aromatic nitrogens is 1. The van der Waals surface area contributed by atoms with Crippen LogP contribution in [-0.2, 0) is 24.8 Å². The van der Waals surface area contributed by atoms with Crippen molar-refractivity contribution >= 4 is 86.6 Å². The lowest BCUT2D eigenvalue weighted by molar-refractivity contribution is -0.139. The maximum atomic E-state index is 13.0. The summed E-state index contributed by atoms with van der Waals surface area (Å²) in [5.74, 6) is 0.252. The molecular weight excluding hydrogens is 760 g/mol. The van der Waals surface area contributed by atoms with Crippen LogP contribution in [0.4, 0.5) is 5.82 Å². The summed E-state index contributed by atoms with van der Waals surface area (Å²) in [7, 11) is -7.69. The highest BCUT2D eigenvalue weighted by Crippen LogP contribution is 2.37. The van der Waals surface area contributed by atoms with Gasteiger partial charge in [0.25, 0.3) is 10.0 Å². The van der Waals surface area contributed by atoms with E-state index in [4.69, 9.17) is 21.8 Å². The van der Waals surface area contributed by atoms with Crippen LogP contribution in [0.5, 0.6) is 0 Å². The van der Waals surface area contributed by atoms with E-state index in [1.54, 1.807) is 10.4 Å². The number of halogens is 3. The minimum Gasteiger partial charge on any atom is -0.480 e. The molecule has 2 aromatic heterocycles. The maximum absolute atomic E-state index is 13.0. The third kappa shape index (κ3) is 8.24. The number of pyridine rings is 1. The lowest BCUT2D eigenvalue weighted by atomic mass is 9.87. The second-order valence-corrected chi connectivity index (χ2v) is 17.8. The molecular formula is C25H33Br2ClN4O7S3. The highest BCUT2D eigenvalue weighted by molar-refractivity contribution is 9.11. The molecule has 2 saturated heterocycles. The van der Waals surface area contributed by atoms with Gasteiger partial charge in [0.05, 0.1) is 11.1 Å². The van der Waals surface area contributed by atoms with E-state index in [-0.39, 0.29) is 9.10 Å². The molecule has 234 valence electrons. The summed E-state index contributed by atoms with van der Waals surface area (Å²) in [5, 5.41) is 18.2. The van der Waals surface area contributed by atoms with Gasteiger partial charge in [-0.15, -0.1) is 11.3 Å². The smallest absolute Gasteiger partial charge is 0.324 e. The average molecular weight is 793 g/mol. The van der Waals surface area contributed by atoms with E-state index in [0.717, 1.165) is 69.4 Å². The Morgan fingerprint density at radius 1 is 1.05 bits per heavy atom.